The van der Waals surface area contributed by atoms with Crippen molar-refractivity contribution in [3.63, 3.8) is 0 Å². The average molecular weight is 343 g/mol. The number of aryl methyl sites for hydroxylation is 2. The molecule has 0 aliphatic carbocycles. The molecule has 0 saturated heterocycles. The van der Waals surface area contributed by atoms with Crippen molar-refractivity contribution in [3.05, 3.63) is 42.1 Å². The standard InChI is InChI=1S/C18H26N.BF4/c1-3-4-5-6-7-10-14-19-15-13-16(2)17-11-8-9-12-18(17)19;2-1(3,4)5/h8-9,11-13,15H,3-7,10,14H2,1-2H3;/q+1;-1. The smallest absolute Gasteiger partial charge is 0.418 e. The molecule has 0 N–H and O–H groups in total. The molecule has 0 spiro atoms. The molecule has 6 heteroatoms. The normalized spacial score (nSPS) is 11.2. The summed E-state index contributed by atoms with van der Waals surface area (Å²) in [7, 11) is -6.00. The van der Waals surface area contributed by atoms with Crippen LogP contribution in [0, 0.1) is 6.92 Å². The van der Waals surface area contributed by atoms with Crippen LogP contribution in [0.25, 0.3) is 10.9 Å². The van der Waals surface area contributed by atoms with Crippen molar-refractivity contribution in [2.75, 3.05) is 0 Å². The summed E-state index contributed by atoms with van der Waals surface area (Å²) in [5, 5.41) is 1.39. The van der Waals surface area contributed by atoms with Gasteiger partial charge in [0.1, 0.15) is 6.54 Å². The maximum atomic E-state index is 9.75. The van der Waals surface area contributed by atoms with Gasteiger partial charge in [0.15, 0.2) is 6.20 Å². The molecule has 24 heavy (non-hydrogen) atoms. The number of fused-ring (bicyclic) bond motifs is 1. The first-order valence-electron chi connectivity index (χ1n) is 8.58. The van der Waals surface area contributed by atoms with E-state index in [1.54, 1.807) is 0 Å². The summed E-state index contributed by atoms with van der Waals surface area (Å²) < 4.78 is 41.4. The number of halogens is 4. The third-order valence-corrected chi connectivity index (χ3v) is 3.90. The van der Waals surface area contributed by atoms with Gasteiger partial charge >= 0.3 is 7.25 Å². The third-order valence-electron chi connectivity index (χ3n) is 3.90. The summed E-state index contributed by atoms with van der Waals surface area (Å²) >= 11 is 0. The highest BCUT2D eigenvalue weighted by Crippen LogP contribution is 2.14. The van der Waals surface area contributed by atoms with Crippen LogP contribution in [0.4, 0.5) is 17.3 Å². The summed E-state index contributed by atoms with van der Waals surface area (Å²) in [5.74, 6) is 0. The van der Waals surface area contributed by atoms with E-state index in [1.165, 1.54) is 55.0 Å². The number of para-hydroxylation sites is 1. The summed E-state index contributed by atoms with van der Waals surface area (Å²) in [5.41, 5.74) is 2.74. The van der Waals surface area contributed by atoms with E-state index < -0.39 is 7.25 Å². The molecular weight excluding hydrogens is 317 g/mol. The first-order chi connectivity index (χ1) is 11.3. The maximum Gasteiger partial charge on any atom is 0.673 e. The lowest BCUT2D eigenvalue weighted by Gasteiger charge is -2.04. The van der Waals surface area contributed by atoms with Gasteiger partial charge in [-0.05, 0) is 25.0 Å². The Morgan fingerprint density at radius 3 is 2.12 bits per heavy atom. The molecule has 1 aromatic carbocycles. The average Bonchev–Trinajstić information content (AvgIpc) is 2.51. The van der Waals surface area contributed by atoms with Gasteiger partial charge < -0.3 is 17.3 Å². The quantitative estimate of drug-likeness (QED) is 0.248. The second kappa shape index (κ2) is 10.3. The fraction of sp³-hybridized carbons (Fsp3) is 0.500. The summed E-state index contributed by atoms with van der Waals surface area (Å²) in [6.07, 6.45) is 10.4. The second-order valence-electron chi connectivity index (χ2n) is 5.97. The van der Waals surface area contributed by atoms with Crippen molar-refractivity contribution in [2.45, 2.75) is 58.9 Å². The number of hydrogen-bond acceptors (Lipinski definition) is 0. The topological polar surface area (TPSA) is 3.88 Å². The van der Waals surface area contributed by atoms with Gasteiger partial charge in [-0.15, -0.1) is 0 Å². The molecule has 0 aliphatic heterocycles. The number of hydrogen-bond donors (Lipinski definition) is 0. The van der Waals surface area contributed by atoms with Crippen molar-refractivity contribution < 1.29 is 21.8 Å². The highest BCUT2D eigenvalue weighted by Gasteiger charge is 2.20. The Bertz CT molecular complexity index is 607. The van der Waals surface area contributed by atoms with Crippen LogP contribution in [0.15, 0.2) is 36.5 Å². The Kier molecular flexibility index (Phi) is 8.79. The van der Waals surface area contributed by atoms with Crippen LogP contribution in [-0.4, -0.2) is 7.25 Å². The summed E-state index contributed by atoms with van der Waals surface area (Å²) in [6.45, 7) is 5.61. The minimum atomic E-state index is -6.00. The van der Waals surface area contributed by atoms with Crippen LogP contribution in [0.2, 0.25) is 0 Å². The zero-order valence-corrected chi connectivity index (χ0v) is 14.5. The van der Waals surface area contributed by atoms with Gasteiger partial charge in [-0.25, -0.2) is 0 Å². The molecule has 0 bridgehead atoms. The number of nitrogens with zero attached hydrogens (tertiary/aromatic N) is 1. The van der Waals surface area contributed by atoms with Crippen LogP contribution in [0.1, 0.15) is 51.0 Å². The third kappa shape index (κ3) is 8.32. The van der Waals surface area contributed by atoms with E-state index in [9.17, 15) is 17.3 Å². The van der Waals surface area contributed by atoms with E-state index in [4.69, 9.17) is 0 Å². The molecule has 0 atom stereocenters. The molecule has 2 aromatic rings. The molecule has 0 radical (unpaired) electrons. The van der Waals surface area contributed by atoms with Crippen LogP contribution >= 0.6 is 0 Å². The van der Waals surface area contributed by atoms with Gasteiger partial charge in [-0.3, -0.25) is 0 Å². The molecule has 0 amide bonds. The molecule has 0 aliphatic rings. The molecule has 1 heterocycles. The van der Waals surface area contributed by atoms with E-state index in [2.05, 4.69) is 54.9 Å². The predicted molar refractivity (Wildman–Crippen MR) is 92.4 cm³/mol. The first kappa shape index (κ1) is 20.5. The van der Waals surface area contributed by atoms with Crippen LogP contribution < -0.4 is 4.57 Å². The number of pyridine rings is 1. The fourth-order valence-corrected chi connectivity index (χ4v) is 2.69. The number of benzene rings is 1. The zero-order valence-electron chi connectivity index (χ0n) is 14.5. The van der Waals surface area contributed by atoms with E-state index in [0.717, 1.165) is 6.54 Å². The van der Waals surface area contributed by atoms with Crippen molar-refractivity contribution >= 4 is 18.2 Å². The molecule has 134 valence electrons. The number of rotatable bonds is 7. The second-order valence-corrected chi connectivity index (χ2v) is 5.97. The molecule has 0 fully saturated rings. The highest BCUT2D eigenvalue weighted by molar-refractivity contribution is 6.50. The Morgan fingerprint density at radius 1 is 0.875 bits per heavy atom. The predicted octanol–water partition coefficient (Wildman–Crippen LogP) is 6.10. The van der Waals surface area contributed by atoms with Crippen LogP contribution in [-0.2, 0) is 6.54 Å². The van der Waals surface area contributed by atoms with Gasteiger partial charge in [-0.1, -0.05) is 44.7 Å². The van der Waals surface area contributed by atoms with Gasteiger partial charge in [0.2, 0.25) is 5.52 Å². The Morgan fingerprint density at radius 2 is 1.46 bits per heavy atom. The Labute approximate surface area is 141 Å². The number of aromatic nitrogens is 1. The minimum absolute atomic E-state index is 1.15. The van der Waals surface area contributed by atoms with Crippen molar-refractivity contribution in [1.82, 2.24) is 0 Å². The van der Waals surface area contributed by atoms with Crippen LogP contribution in [0.3, 0.4) is 0 Å². The monoisotopic (exact) mass is 343 g/mol. The van der Waals surface area contributed by atoms with E-state index in [0.29, 0.717) is 0 Å². The molecule has 0 saturated carbocycles. The molecular formula is C18H26BF4N. The lowest BCUT2D eigenvalue weighted by molar-refractivity contribution is -0.671. The van der Waals surface area contributed by atoms with Gasteiger partial charge in [0.25, 0.3) is 0 Å². The Hall–Kier alpha value is -1.59. The van der Waals surface area contributed by atoms with E-state index in [-0.39, 0.29) is 0 Å². The summed E-state index contributed by atoms with van der Waals surface area (Å²) in [6, 6.07) is 11.0. The lowest BCUT2D eigenvalue weighted by Crippen LogP contribution is -2.34. The molecule has 0 unspecified atom stereocenters. The van der Waals surface area contributed by atoms with Crippen molar-refractivity contribution in [3.8, 4) is 0 Å². The van der Waals surface area contributed by atoms with Crippen molar-refractivity contribution in [1.29, 1.82) is 0 Å². The van der Waals surface area contributed by atoms with Gasteiger partial charge in [-0.2, -0.15) is 4.57 Å². The first-order valence-corrected chi connectivity index (χ1v) is 8.58. The van der Waals surface area contributed by atoms with Crippen LogP contribution in [0.5, 0.6) is 0 Å². The zero-order chi connectivity index (χ0) is 18.0. The molecule has 2 rings (SSSR count). The van der Waals surface area contributed by atoms with E-state index in [1.807, 2.05) is 0 Å². The largest absolute Gasteiger partial charge is 0.673 e. The van der Waals surface area contributed by atoms with Gasteiger partial charge in [0, 0.05) is 23.9 Å². The SMILES string of the molecule is CCCCCCCC[n+]1ccc(C)c2ccccc21.F[B-](F)(F)F. The number of unbranched alkanes of at least 4 members (excludes halogenated alkanes) is 5. The minimum Gasteiger partial charge on any atom is -0.418 e. The Balaban J connectivity index is 0.000000505. The maximum absolute atomic E-state index is 9.75. The van der Waals surface area contributed by atoms with E-state index >= 15 is 0 Å². The lowest BCUT2D eigenvalue weighted by atomic mass is 10.1. The molecule has 1 nitrogen and oxygen atoms in total. The molecule has 1 aromatic heterocycles. The fourth-order valence-electron chi connectivity index (χ4n) is 2.69. The van der Waals surface area contributed by atoms with Gasteiger partial charge in [0.05, 0.1) is 0 Å². The highest BCUT2D eigenvalue weighted by atomic mass is 19.5. The summed E-state index contributed by atoms with van der Waals surface area (Å²) in [4.78, 5) is 0. The van der Waals surface area contributed by atoms with Crippen molar-refractivity contribution in [2.24, 2.45) is 0 Å².